The second-order valence-corrected chi connectivity index (χ2v) is 6.14. The molecule has 0 saturated carbocycles. The number of nitrogens with zero attached hydrogens (tertiary/aromatic N) is 2. The molecule has 2 aromatic rings. The molecular weight excluding hydrogens is 324 g/mol. The fraction of sp³-hybridized carbons (Fsp3) is 0.444. The topological polar surface area (TPSA) is 61.0 Å². The Hall–Kier alpha value is -1.85. The molecule has 24 heavy (non-hydrogen) atoms. The minimum absolute atomic E-state index is 0. The summed E-state index contributed by atoms with van der Waals surface area (Å²) in [4.78, 5) is 14.9. The summed E-state index contributed by atoms with van der Waals surface area (Å²) in [7, 11) is 0. The highest BCUT2D eigenvalue weighted by atomic mass is 35.5. The number of nitrogens with one attached hydrogen (secondary N) is 2. The molecule has 0 bridgehead atoms. The number of benzene rings is 1. The van der Waals surface area contributed by atoms with Gasteiger partial charge in [-0.25, -0.2) is 0 Å². The Bertz CT molecular complexity index is 696. The van der Waals surface area contributed by atoms with Crippen molar-refractivity contribution in [3.8, 4) is 0 Å². The van der Waals surface area contributed by atoms with Gasteiger partial charge in [0.05, 0.1) is 6.04 Å². The van der Waals surface area contributed by atoms with Gasteiger partial charge in [-0.1, -0.05) is 31.2 Å². The van der Waals surface area contributed by atoms with Crippen LogP contribution < -0.4 is 5.32 Å². The van der Waals surface area contributed by atoms with Gasteiger partial charge in [-0.15, -0.1) is 12.4 Å². The Balaban J connectivity index is 0.00000208. The Morgan fingerprint density at radius 3 is 2.58 bits per heavy atom. The van der Waals surface area contributed by atoms with Crippen molar-refractivity contribution in [1.29, 1.82) is 0 Å². The Morgan fingerprint density at radius 1 is 1.29 bits per heavy atom. The van der Waals surface area contributed by atoms with Crippen LogP contribution in [-0.2, 0) is 6.42 Å². The van der Waals surface area contributed by atoms with Gasteiger partial charge in [0, 0.05) is 30.9 Å². The van der Waals surface area contributed by atoms with Crippen molar-refractivity contribution >= 4 is 18.3 Å². The monoisotopic (exact) mass is 348 g/mol. The Morgan fingerprint density at radius 2 is 2.00 bits per heavy atom. The predicted octanol–water partition coefficient (Wildman–Crippen LogP) is 2.80. The summed E-state index contributed by atoms with van der Waals surface area (Å²) in [6.45, 7) is 8.33. The smallest absolute Gasteiger partial charge is 0.275 e. The third kappa shape index (κ3) is 3.47. The van der Waals surface area contributed by atoms with E-state index in [-0.39, 0.29) is 24.4 Å². The van der Waals surface area contributed by atoms with E-state index in [1.54, 1.807) is 0 Å². The van der Waals surface area contributed by atoms with E-state index < -0.39 is 0 Å². The first-order valence-corrected chi connectivity index (χ1v) is 8.24. The molecule has 5 nitrogen and oxygen atoms in total. The van der Waals surface area contributed by atoms with E-state index in [2.05, 4.69) is 46.7 Å². The number of aryl methyl sites for hydroxylation is 2. The molecule has 1 aromatic carbocycles. The molecule has 1 aromatic heterocycles. The lowest BCUT2D eigenvalue weighted by molar-refractivity contribution is 0.0627. The third-order valence-corrected chi connectivity index (χ3v) is 4.73. The quantitative estimate of drug-likeness (QED) is 0.896. The second kappa shape index (κ2) is 7.81. The van der Waals surface area contributed by atoms with E-state index in [9.17, 15) is 4.79 Å². The van der Waals surface area contributed by atoms with Crippen LogP contribution >= 0.6 is 12.4 Å². The highest BCUT2D eigenvalue weighted by molar-refractivity contribution is 5.94. The molecule has 3 rings (SSSR count). The number of hydrogen-bond acceptors (Lipinski definition) is 3. The van der Waals surface area contributed by atoms with Crippen molar-refractivity contribution in [3.63, 3.8) is 0 Å². The molecule has 1 aliphatic heterocycles. The van der Waals surface area contributed by atoms with Gasteiger partial charge in [-0.2, -0.15) is 5.10 Å². The number of aromatic amines is 1. The SMILES string of the molecule is CCc1ccc(C2CNCCN2C(=O)c2n[nH]c(C)c2C)cc1.Cl. The van der Waals surface area contributed by atoms with E-state index in [1.807, 2.05) is 18.7 Å². The number of aromatic nitrogens is 2. The summed E-state index contributed by atoms with van der Waals surface area (Å²) in [5.74, 6) is 0.0120. The van der Waals surface area contributed by atoms with Crippen molar-refractivity contribution < 1.29 is 4.79 Å². The van der Waals surface area contributed by atoms with Gasteiger partial charge in [0.15, 0.2) is 5.69 Å². The zero-order valence-corrected chi connectivity index (χ0v) is 15.2. The van der Waals surface area contributed by atoms with Gasteiger partial charge in [0.25, 0.3) is 5.91 Å². The molecule has 2 heterocycles. The van der Waals surface area contributed by atoms with E-state index in [1.165, 1.54) is 11.1 Å². The number of carbonyl (C=O) groups excluding carboxylic acids is 1. The van der Waals surface area contributed by atoms with Crippen molar-refractivity contribution in [3.05, 3.63) is 52.3 Å². The maximum Gasteiger partial charge on any atom is 0.275 e. The minimum Gasteiger partial charge on any atom is -0.328 e. The summed E-state index contributed by atoms with van der Waals surface area (Å²) in [6.07, 6.45) is 1.03. The number of H-pyrrole nitrogens is 1. The van der Waals surface area contributed by atoms with E-state index >= 15 is 0 Å². The molecule has 0 spiro atoms. The summed E-state index contributed by atoms with van der Waals surface area (Å²) < 4.78 is 0. The van der Waals surface area contributed by atoms with Crippen LogP contribution in [0.5, 0.6) is 0 Å². The summed E-state index contributed by atoms with van der Waals surface area (Å²) in [5, 5.41) is 10.5. The van der Waals surface area contributed by atoms with Crippen LogP contribution in [-0.4, -0.2) is 40.6 Å². The van der Waals surface area contributed by atoms with Crippen molar-refractivity contribution in [2.24, 2.45) is 0 Å². The minimum atomic E-state index is 0. The molecule has 130 valence electrons. The first kappa shape index (κ1) is 18.5. The van der Waals surface area contributed by atoms with Gasteiger partial charge in [0.1, 0.15) is 0 Å². The van der Waals surface area contributed by atoms with Gasteiger partial charge < -0.3 is 10.2 Å². The molecule has 0 radical (unpaired) electrons. The number of amides is 1. The summed E-state index contributed by atoms with van der Waals surface area (Å²) >= 11 is 0. The molecule has 1 atom stereocenters. The third-order valence-electron chi connectivity index (χ3n) is 4.73. The number of rotatable bonds is 3. The zero-order chi connectivity index (χ0) is 16.4. The number of carbonyl (C=O) groups is 1. The number of hydrogen-bond donors (Lipinski definition) is 2. The maximum atomic E-state index is 13.0. The van der Waals surface area contributed by atoms with Gasteiger partial charge in [-0.05, 0) is 31.4 Å². The normalized spacial score (nSPS) is 17.5. The van der Waals surface area contributed by atoms with Gasteiger partial charge >= 0.3 is 0 Å². The lowest BCUT2D eigenvalue weighted by Gasteiger charge is -2.36. The molecule has 1 unspecified atom stereocenters. The number of halogens is 1. The fourth-order valence-corrected chi connectivity index (χ4v) is 3.05. The van der Waals surface area contributed by atoms with Crippen LogP contribution in [0.2, 0.25) is 0 Å². The summed E-state index contributed by atoms with van der Waals surface area (Å²) in [6, 6.07) is 8.63. The molecule has 1 amide bonds. The number of piperazine rings is 1. The van der Waals surface area contributed by atoms with Crippen LogP contribution in [0.1, 0.15) is 45.8 Å². The van der Waals surface area contributed by atoms with Gasteiger partial charge in [-0.3, -0.25) is 9.89 Å². The van der Waals surface area contributed by atoms with Crippen LogP contribution in [0.4, 0.5) is 0 Å². The van der Waals surface area contributed by atoms with Crippen molar-refractivity contribution in [2.75, 3.05) is 19.6 Å². The Labute approximate surface area is 149 Å². The average Bonchev–Trinajstić information content (AvgIpc) is 2.93. The average molecular weight is 349 g/mol. The van der Waals surface area contributed by atoms with Crippen LogP contribution in [0.3, 0.4) is 0 Å². The van der Waals surface area contributed by atoms with Gasteiger partial charge in [0.2, 0.25) is 0 Å². The lowest BCUT2D eigenvalue weighted by atomic mass is 10.00. The lowest BCUT2D eigenvalue weighted by Crippen LogP contribution is -2.48. The zero-order valence-electron chi connectivity index (χ0n) is 14.4. The first-order chi connectivity index (χ1) is 11.1. The first-order valence-electron chi connectivity index (χ1n) is 8.24. The second-order valence-electron chi connectivity index (χ2n) is 6.14. The highest BCUT2D eigenvalue weighted by Crippen LogP contribution is 2.25. The standard InChI is InChI=1S/C18H24N4O.ClH/c1-4-14-5-7-15(8-6-14)16-11-19-9-10-22(16)18(23)17-12(2)13(3)20-21-17;/h5-8,16,19H,4,9-11H2,1-3H3,(H,20,21);1H. The van der Waals surface area contributed by atoms with Crippen molar-refractivity contribution in [1.82, 2.24) is 20.4 Å². The molecule has 0 aliphatic carbocycles. The fourth-order valence-electron chi connectivity index (χ4n) is 3.05. The predicted molar refractivity (Wildman–Crippen MR) is 97.8 cm³/mol. The van der Waals surface area contributed by atoms with Crippen LogP contribution in [0.15, 0.2) is 24.3 Å². The molecule has 6 heteroatoms. The highest BCUT2D eigenvalue weighted by Gasteiger charge is 2.30. The molecule has 1 aliphatic rings. The van der Waals surface area contributed by atoms with E-state index in [0.29, 0.717) is 12.2 Å². The molecule has 1 fully saturated rings. The largest absolute Gasteiger partial charge is 0.328 e. The molecule has 1 saturated heterocycles. The van der Waals surface area contributed by atoms with Crippen LogP contribution in [0, 0.1) is 13.8 Å². The van der Waals surface area contributed by atoms with E-state index in [4.69, 9.17) is 0 Å². The molecular formula is C18H25ClN4O. The Kier molecular flexibility index (Phi) is 6.02. The van der Waals surface area contributed by atoms with Crippen molar-refractivity contribution in [2.45, 2.75) is 33.2 Å². The summed E-state index contributed by atoms with van der Waals surface area (Å²) in [5.41, 5.74) is 4.92. The van der Waals surface area contributed by atoms with E-state index in [0.717, 1.165) is 30.8 Å². The molecule has 2 N–H and O–H groups in total. The van der Waals surface area contributed by atoms with Crippen LogP contribution in [0.25, 0.3) is 0 Å². The maximum absolute atomic E-state index is 13.0.